The van der Waals surface area contributed by atoms with Gasteiger partial charge in [-0.3, -0.25) is 14.7 Å². The average molecular weight is 399 g/mol. The van der Waals surface area contributed by atoms with Crippen LogP contribution in [0.15, 0.2) is 36.5 Å². The van der Waals surface area contributed by atoms with Gasteiger partial charge in [-0.2, -0.15) is 0 Å². The minimum atomic E-state index is -0.166. The summed E-state index contributed by atoms with van der Waals surface area (Å²) in [4.78, 5) is 19.1. The highest BCUT2D eigenvalue weighted by molar-refractivity contribution is 6.42. The standard InChI is InChI=1S/C18H18Cl3N3O/c1-11(16-4-2-3-7-22-16)24(13-5-6-13)10-17(25)23-18-14(20)8-12(19)9-15(18)21/h2-4,7-9,11,13H,5-6,10H2,1H3,(H,23,25)/t11-/m1/s1. The normalized spacial score (nSPS) is 15.2. The fourth-order valence-corrected chi connectivity index (χ4v) is 3.70. The molecule has 1 aromatic carbocycles. The third kappa shape index (κ3) is 4.64. The van der Waals surface area contributed by atoms with Gasteiger partial charge in [-0.15, -0.1) is 0 Å². The Morgan fingerprint density at radius 2 is 1.96 bits per heavy atom. The van der Waals surface area contributed by atoms with E-state index in [1.807, 2.05) is 18.2 Å². The van der Waals surface area contributed by atoms with Gasteiger partial charge in [-0.05, 0) is 44.0 Å². The van der Waals surface area contributed by atoms with Gasteiger partial charge in [0.15, 0.2) is 0 Å². The lowest BCUT2D eigenvalue weighted by Crippen LogP contribution is -2.37. The molecule has 0 bridgehead atoms. The van der Waals surface area contributed by atoms with Crippen LogP contribution in [0.2, 0.25) is 15.1 Å². The van der Waals surface area contributed by atoms with Gasteiger partial charge in [0.25, 0.3) is 0 Å². The number of carbonyl (C=O) groups is 1. The number of carbonyl (C=O) groups excluding carboxylic acids is 1. The number of amides is 1. The first-order valence-electron chi connectivity index (χ1n) is 8.06. The van der Waals surface area contributed by atoms with Crippen molar-refractivity contribution in [2.45, 2.75) is 31.8 Å². The molecule has 25 heavy (non-hydrogen) atoms. The molecule has 4 nitrogen and oxygen atoms in total. The van der Waals surface area contributed by atoms with Gasteiger partial charge < -0.3 is 5.32 Å². The Kier molecular flexibility index (Phi) is 5.85. The van der Waals surface area contributed by atoms with Crippen LogP contribution in [0.25, 0.3) is 0 Å². The number of nitrogens with zero attached hydrogens (tertiary/aromatic N) is 2. The monoisotopic (exact) mass is 397 g/mol. The lowest BCUT2D eigenvalue weighted by atomic mass is 10.1. The second-order valence-electron chi connectivity index (χ2n) is 6.13. The van der Waals surface area contributed by atoms with Crippen LogP contribution in [-0.4, -0.2) is 28.4 Å². The second-order valence-corrected chi connectivity index (χ2v) is 7.38. The highest BCUT2D eigenvalue weighted by atomic mass is 35.5. The van der Waals surface area contributed by atoms with Crippen molar-refractivity contribution in [1.29, 1.82) is 0 Å². The Morgan fingerprint density at radius 3 is 2.52 bits per heavy atom. The molecule has 2 aromatic rings. The summed E-state index contributed by atoms with van der Waals surface area (Å²) in [7, 11) is 0. The number of rotatable bonds is 6. The molecule has 132 valence electrons. The SMILES string of the molecule is C[C@H](c1ccccn1)N(CC(=O)Nc1c(Cl)cc(Cl)cc1Cl)C1CC1. The van der Waals surface area contributed by atoms with Gasteiger partial charge in [0.1, 0.15) is 0 Å². The van der Waals surface area contributed by atoms with Crippen LogP contribution in [0.4, 0.5) is 5.69 Å². The molecule has 0 saturated heterocycles. The van der Waals surface area contributed by atoms with Crippen molar-refractivity contribution in [3.63, 3.8) is 0 Å². The van der Waals surface area contributed by atoms with Crippen LogP contribution in [0.5, 0.6) is 0 Å². The molecule has 1 atom stereocenters. The van der Waals surface area contributed by atoms with E-state index in [9.17, 15) is 4.79 Å². The molecule has 0 aliphatic heterocycles. The summed E-state index contributed by atoms with van der Waals surface area (Å²) < 4.78 is 0. The molecule has 0 spiro atoms. The van der Waals surface area contributed by atoms with Crippen LogP contribution < -0.4 is 5.32 Å². The van der Waals surface area contributed by atoms with E-state index < -0.39 is 0 Å². The Morgan fingerprint density at radius 1 is 1.28 bits per heavy atom. The van der Waals surface area contributed by atoms with Crippen LogP contribution in [0.3, 0.4) is 0 Å². The molecule has 0 radical (unpaired) electrons. The predicted molar refractivity (Wildman–Crippen MR) is 102 cm³/mol. The van der Waals surface area contributed by atoms with Crippen LogP contribution in [-0.2, 0) is 4.79 Å². The highest BCUT2D eigenvalue weighted by Crippen LogP contribution is 2.35. The van der Waals surface area contributed by atoms with Crippen molar-refractivity contribution in [2.24, 2.45) is 0 Å². The van der Waals surface area contributed by atoms with Gasteiger partial charge in [0.05, 0.1) is 34.0 Å². The minimum Gasteiger partial charge on any atom is -0.322 e. The maximum atomic E-state index is 12.6. The number of aromatic nitrogens is 1. The summed E-state index contributed by atoms with van der Waals surface area (Å²) in [5, 5.41) is 3.87. The van der Waals surface area contributed by atoms with E-state index in [1.165, 1.54) is 0 Å². The molecule has 1 fully saturated rings. The van der Waals surface area contributed by atoms with Crippen LogP contribution in [0, 0.1) is 0 Å². The predicted octanol–water partition coefficient (Wildman–Crippen LogP) is 5.21. The average Bonchev–Trinajstić information content (AvgIpc) is 3.41. The number of anilines is 1. The van der Waals surface area contributed by atoms with Gasteiger partial charge in [0.2, 0.25) is 5.91 Å². The van der Waals surface area contributed by atoms with Crippen molar-refractivity contribution in [3.8, 4) is 0 Å². The minimum absolute atomic E-state index is 0.0515. The smallest absolute Gasteiger partial charge is 0.238 e. The summed E-state index contributed by atoms with van der Waals surface area (Å²) in [5.74, 6) is -0.166. The highest BCUT2D eigenvalue weighted by Gasteiger charge is 2.34. The first kappa shape index (κ1) is 18.5. The summed E-state index contributed by atoms with van der Waals surface area (Å²) in [6.45, 7) is 2.31. The molecule has 3 rings (SSSR count). The van der Waals surface area contributed by atoms with E-state index >= 15 is 0 Å². The molecule has 1 aliphatic rings. The number of hydrogen-bond acceptors (Lipinski definition) is 3. The molecule has 1 amide bonds. The zero-order chi connectivity index (χ0) is 18.0. The zero-order valence-electron chi connectivity index (χ0n) is 13.7. The molecule has 1 saturated carbocycles. The maximum absolute atomic E-state index is 12.6. The lowest BCUT2D eigenvalue weighted by Gasteiger charge is -2.28. The van der Waals surface area contributed by atoms with Crippen molar-refractivity contribution >= 4 is 46.4 Å². The summed E-state index contributed by atoms with van der Waals surface area (Å²) in [5.41, 5.74) is 1.34. The molecule has 1 aromatic heterocycles. The molecule has 1 N–H and O–H groups in total. The fourth-order valence-electron chi connectivity index (χ4n) is 2.79. The molecule has 1 heterocycles. The maximum Gasteiger partial charge on any atom is 0.238 e. The van der Waals surface area contributed by atoms with E-state index in [1.54, 1.807) is 18.3 Å². The van der Waals surface area contributed by atoms with E-state index in [4.69, 9.17) is 34.8 Å². The van der Waals surface area contributed by atoms with E-state index in [2.05, 4.69) is 22.1 Å². The lowest BCUT2D eigenvalue weighted by molar-refractivity contribution is -0.118. The van der Waals surface area contributed by atoms with Gasteiger partial charge in [-0.1, -0.05) is 40.9 Å². The zero-order valence-corrected chi connectivity index (χ0v) is 15.9. The van der Waals surface area contributed by atoms with Gasteiger partial charge >= 0.3 is 0 Å². The Labute approximate surface area is 162 Å². The van der Waals surface area contributed by atoms with Gasteiger partial charge in [-0.25, -0.2) is 0 Å². The Bertz CT molecular complexity index is 742. The number of nitrogens with one attached hydrogen (secondary N) is 1. The topological polar surface area (TPSA) is 45.2 Å². The van der Waals surface area contributed by atoms with Crippen LogP contribution in [0.1, 0.15) is 31.5 Å². The van der Waals surface area contributed by atoms with Crippen molar-refractivity contribution in [1.82, 2.24) is 9.88 Å². The molecular formula is C18H18Cl3N3O. The van der Waals surface area contributed by atoms with Crippen molar-refractivity contribution in [2.75, 3.05) is 11.9 Å². The van der Waals surface area contributed by atoms with E-state index in [0.29, 0.717) is 26.8 Å². The Hall–Kier alpha value is -1.33. The first-order valence-corrected chi connectivity index (χ1v) is 9.20. The van der Waals surface area contributed by atoms with Crippen molar-refractivity contribution in [3.05, 3.63) is 57.3 Å². The first-order chi connectivity index (χ1) is 12.0. The summed E-state index contributed by atoms with van der Waals surface area (Å²) >= 11 is 18.2. The van der Waals surface area contributed by atoms with Crippen LogP contribution >= 0.6 is 34.8 Å². The Balaban J connectivity index is 1.72. The molecule has 1 aliphatic carbocycles. The third-order valence-electron chi connectivity index (χ3n) is 4.23. The third-order valence-corrected chi connectivity index (χ3v) is 5.04. The molecular weight excluding hydrogens is 381 g/mol. The van der Waals surface area contributed by atoms with E-state index in [-0.39, 0.29) is 18.5 Å². The number of halogens is 3. The molecule has 0 unspecified atom stereocenters. The van der Waals surface area contributed by atoms with Gasteiger partial charge in [0, 0.05) is 17.3 Å². The largest absolute Gasteiger partial charge is 0.322 e. The van der Waals surface area contributed by atoms with E-state index in [0.717, 1.165) is 18.5 Å². The summed E-state index contributed by atoms with van der Waals surface area (Å²) in [6, 6.07) is 9.38. The van der Waals surface area contributed by atoms with Crippen molar-refractivity contribution < 1.29 is 4.79 Å². The number of pyridine rings is 1. The summed E-state index contributed by atoms with van der Waals surface area (Å²) in [6.07, 6.45) is 3.95. The fraction of sp³-hybridized carbons (Fsp3) is 0.333. The quantitative estimate of drug-likeness (QED) is 0.727. The second kappa shape index (κ2) is 7.92. The number of benzene rings is 1. The number of hydrogen-bond donors (Lipinski definition) is 1. The molecule has 7 heteroatoms.